The Morgan fingerprint density at radius 3 is 2.76 bits per heavy atom. The Balaban J connectivity index is 1.64. The molecule has 25 heavy (non-hydrogen) atoms. The molecule has 2 aliphatic rings. The zero-order valence-electron chi connectivity index (χ0n) is 14.7. The fraction of sp³-hybridized carbons (Fsp3) is 0.474. The van der Waals surface area contributed by atoms with Gasteiger partial charge in [-0.25, -0.2) is 0 Å². The summed E-state index contributed by atoms with van der Waals surface area (Å²) < 4.78 is 10.6. The summed E-state index contributed by atoms with van der Waals surface area (Å²) in [4.78, 5) is 19.7. The molecular formula is C19H24N2O4. The molecule has 6 nitrogen and oxygen atoms in total. The van der Waals surface area contributed by atoms with Crippen LogP contribution in [0.1, 0.15) is 24.8 Å². The fourth-order valence-corrected chi connectivity index (χ4v) is 2.96. The largest absolute Gasteiger partial charge is 0.493 e. The number of benzene rings is 1. The van der Waals surface area contributed by atoms with Crippen molar-refractivity contribution >= 4 is 11.6 Å². The molecule has 1 amide bonds. The van der Waals surface area contributed by atoms with Gasteiger partial charge < -0.3 is 19.2 Å². The number of methoxy groups -OCH3 is 2. The van der Waals surface area contributed by atoms with Crippen molar-refractivity contribution in [1.29, 1.82) is 0 Å². The molecule has 0 saturated heterocycles. The Morgan fingerprint density at radius 2 is 2.12 bits per heavy atom. The number of carbonyl (C=O) groups is 1. The molecule has 6 heteroatoms. The topological polar surface area (TPSA) is 60.4 Å². The molecule has 1 atom stereocenters. The van der Waals surface area contributed by atoms with Crippen molar-refractivity contribution in [2.75, 3.05) is 27.3 Å². The van der Waals surface area contributed by atoms with Crippen molar-refractivity contribution in [2.24, 2.45) is 11.1 Å². The molecule has 1 aromatic carbocycles. The Hall–Kier alpha value is -2.50. The number of hydrogen-bond acceptors (Lipinski definition) is 5. The van der Waals surface area contributed by atoms with Crippen LogP contribution in [0.15, 0.2) is 36.0 Å². The first-order valence-electron chi connectivity index (χ1n) is 8.51. The number of amides is 1. The maximum Gasteiger partial charge on any atom is 0.226 e. The average Bonchev–Trinajstić information content (AvgIpc) is 3.39. The van der Waals surface area contributed by atoms with E-state index in [1.165, 1.54) is 0 Å². The summed E-state index contributed by atoms with van der Waals surface area (Å²) in [7, 11) is 3.21. The van der Waals surface area contributed by atoms with Crippen molar-refractivity contribution in [3.8, 4) is 11.5 Å². The van der Waals surface area contributed by atoms with Crippen LogP contribution < -0.4 is 9.47 Å². The molecule has 134 valence electrons. The van der Waals surface area contributed by atoms with Gasteiger partial charge in [0.05, 0.1) is 26.5 Å². The number of rotatable bonds is 8. The van der Waals surface area contributed by atoms with Gasteiger partial charge >= 0.3 is 0 Å². The predicted molar refractivity (Wildman–Crippen MR) is 95.1 cm³/mol. The third-order valence-electron chi connectivity index (χ3n) is 4.46. The van der Waals surface area contributed by atoms with Crippen molar-refractivity contribution < 1.29 is 19.1 Å². The van der Waals surface area contributed by atoms with E-state index < -0.39 is 0 Å². The maximum atomic E-state index is 12.3. The molecule has 0 bridgehead atoms. The third-order valence-corrected chi connectivity index (χ3v) is 4.46. The number of hydrogen-bond donors (Lipinski definition) is 0. The maximum absolute atomic E-state index is 12.3. The van der Waals surface area contributed by atoms with Gasteiger partial charge in [-0.15, -0.1) is 6.58 Å². The minimum absolute atomic E-state index is 0.134. The highest BCUT2D eigenvalue weighted by atomic mass is 16.6. The normalized spacial score (nSPS) is 19.0. The van der Waals surface area contributed by atoms with Gasteiger partial charge in [-0.05, 0) is 31.0 Å². The van der Waals surface area contributed by atoms with Gasteiger partial charge in [0.2, 0.25) is 5.91 Å². The standard InChI is InChI=1S/C19H24N2O4/c1-4-9-21(19(22)13-5-6-13)12-15-11-16(20-25-15)14-7-8-17(23-2)18(10-14)24-3/h4,7-8,10,13,15H,1,5-6,9,11-12H2,2-3H3. The molecule has 1 heterocycles. The van der Waals surface area contributed by atoms with Gasteiger partial charge in [-0.1, -0.05) is 11.2 Å². The molecule has 1 unspecified atom stereocenters. The van der Waals surface area contributed by atoms with Crippen LogP contribution in [0.4, 0.5) is 0 Å². The second kappa shape index (κ2) is 7.59. The summed E-state index contributed by atoms with van der Waals surface area (Å²) in [5.41, 5.74) is 1.78. The first-order valence-corrected chi connectivity index (χ1v) is 8.51. The van der Waals surface area contributed by atoms with Gasteiger partial charge in [0, 0.05) is 24.4 Å². The first kappa shape index (κ1) is 17.3. The Morgan fingerprint density at radius 1 is 1.36 bits per heavy atom. The molecule has 0 N–H and O–H groups in total. The fourth-order valence-electron chi connectivity index (χ4n) is 2.96. The van der Waals surface area contributed by atoms with E-state index in [9.17, 15) is 4.79 Å². The highest BCUT2D eigenvalue weighted by molar-refractivity contribution is 6.01. The van der Waals surface area contributed by atoms with Crippen molar-refractivity contribution in [3.63, 3.8) is 0 Å². The van der Waals surface area contributed by atoms with E-state index in [1.54, 1.807) is 20.3 Å². The van der Waals surface area contributed by atoms with E-state index in [-0.39, 0.29) is 17.9 Å². The number of carbonyl (C=O) groups excluding carboxylic acids is 1. The van der Waals surface area contributed by atoms with E-state index in [0.29, 0.717) is 31.0 Å². The molecule has 0 spiro atoms. The van der Waals surface area contributed by atoms with Crippen LogP contribution >= 0.6 is 0 Å². The summed E-state index contributed by atoms with van der Waals surface area (Å²) in [6, 6.07) is 5.67. The Bertz CT molecular complexity index is 682. The van der Waals surface area contributed by atoms with Crippen molar-refractivity contribution in [2.45, 2.75) is 25.4 Å². The predicted octanol–water partition coefficient (Wildman–Crippen LogP) is 2.62. The van der Waals surface area contributed by atoms with E-state index in [1.807, 2.05) is 23.1 Å². The lowest BCUT2D eigenvalue weighted by Gasteiger charge is -2.23. The molecule has 3 rings (SSSR count). The van der Waals surface area contributed by atoms with E-state index >= 15 is 0 Å². The third kappa shape index (κ3) is 3.95. The Kier molecular flexibility index (Phi) is 5.26. The Labute approximate surface area is 148 Å². The summed E-state index contributed by atoms with van der Waals surface area (Å²) >= 11 is 0. The average molecular weight is 344 g/mol. The summed E-state index contributed by atoms with van der Waals surface area (Å²) in [6.45, 7) is 4.82. The van der Waals surface area contributed by atoms with E-state index in [2.05, 4.69) is 11.7 Å². The van der Waals surface area contributed by atoms with Crippen LogP contribution in [-0.2, 0) is 9.63 Å². The summed E-state index contributed by atoms with van der Waals surface area (Å²) in [6.07, 6.45) is 4.26. The zero-order chi connectivity index (χ0) is 17.8. The quantitative estimate of drug-likeness (QED) is 0.680. The lowest BCUT2D eigenvalue weighted by atomic mass is 10.0. The van der Waals surface area contributed by atoms with Crippen molar-refractivity contribution in [1.82, 2.24) is 4.90 Å². The van der Waals surface area contributed by atoms with Gasteiger partial charge in [-0.2, -0.15) is 0 Å². The van der Waals surface area contributed by atoms with Crippen LogP contribution in [0.25, 0.3) is 0 Å². The van der Waals surface area contributed by atoms with Gasteiger partial charge in [0.15, 0.2) is 17.6 Å². The van der Waals surface area contributed by atoms with Gasteiger partial charge in [0.1, 0.15) is 0 Å². The van der Waals surface area contributed by atoms with Gasteiger partial charge in [-0.3, -0.25) is 4.79 Å². The molecule has 1 aliphatic carbocycles. The second-order valence-corrected chi connectivity index (χ2v) is 6.35. The lowest BCUT2D eigenvalue weighted by molar-refractivity contribution is -0.133. The van der Waals surface area contributed by atoms with E-state index in [4.69, 9.17) is 14.3 Å². The zero-order valence-corrected chi connectivity index (χ0v) is 14.7. The summed E-state index contributed by atoms with van der Waals surface area (Å²) in [5, 5.41) is 4.21. The minimum atomic E-state index is -0.134. The number of nitrogens with zero attached hydrogens (tertiary/aromatic N) is 2. The highest BCUT2D eigenvalue weighted by Gasteiger charge is 2.35. The first-order chi connectivity index (χ1) is 12.2. The van der Waals surface area contributed by atoms with Crippen molar-refractivity contribution in [3.05, 3.63) is 36.4 Å². The van der Waals surface area contributed by atoms with E-state index in [0.717, 1.165) is 24.1 Å². The van der Waals surface area contributed by atoms with Crippen LogP contribution in [0.3, 0.4) is 0 Å². The molecule has 1 fully saturated rings. The minimum Gasteiger partial charge on any atom is -0.493 e. The number of ether oxygens (including phenoxy) is 2. The monoisotopic (exact) mass is 344 g/mol. The molecule has 1 saturated carbocycles. The van der Waals surface area contributed by atoms with Crippen LogP contribution in [0.5, 0.6) is 11.5 Å². The highest BCUT2D eigenvalue weighted by Crippen LogP contribution is 2.32. The molecular weight excluding hydrogens is 320 g/mol. The second-order valence-electron chi connectivity index (χ2n) is 6.35. The van der Waals surface area contributed by atoms with Crippen LogP contribution in [-0.4, -0.2) is 49.9 Å². The molecule has 0 aromatic heterocycles. The lowest BCUT2D eigenvalue weighted by Crippen LogP contribution is -2.38. The smallest absolute Gasteiger partial charge is 0.226 e. The van der Waals surface area contributed by atoms with Gasteiger partial charge in [0.25, 0.3) is 0 Å². The number of oxime groups is 1. The summed E-state index contributed by atoms with van der Waals surface area (Å²) in [5.74, 6) is 1.72. The van der Waals surface area contributed by atoms with Crippen LogP contribution in [0, 0.1) is 5.92 Å². The molecule has 1 aromatic rings. The molecule has 0 radical (unpaired) electrons. The SMILES string of the molecule is C=CCN(CC1CC(c2ccc(OC)c(OC)c2)=NO1)C(=O)C1CC1. The molecule has 1 aliphatic heterocycles. The van der Waals surface area contributed by atoms with Crippen LogP contribution in [0.2, 0.25) is 0 Å².